The fourth-order valence-corrected chi connectivity index (χ4v) is 2.66. The van der Waals surface area contributed by atoms with Crippen LogP contribution in [-0.4, -0.2) is 35.0 Å². The third-order valence-electron chi connectivity index (χ3n) is 3.46. The second-order valence-corrected chi connectivity index (χ2v) is 5.76. The number of carboxylic acid groups (broad SMARTS) is 1. The van der Waals surface area contributed by atoms with Crippen LogP contribution in [0.15, 0.2) is 18.2 Å². The van der Waals surface area contributed by atoms with Crippen molar-refractivity contribution in [3.8, 4) is 0 Å². The third-order valence-corrected chi connectivity index (χ3v) is 4.20. The standard InChI is InChI=1S/C14H15Cl2NO3/c15-11-4-3-9(6-12(11)16)7-13(18)17-5-1-2-10(8-17)14(19)20/h3-4,6,10H,1-2,5,7-8H2,(H,19,20)/t10-/m0/s1. The van der Waals surface area contributed by atoms with Crippen LogP contribution in [0, 0.1) is 5.92 Å². The quantitative estimate of drug-likeness (QED) is 0.933. The molecule has 0 aromatic heterocycles. The van der Waals surface area contributed by atoms with Crippen molar-refractivity contribution in [2.75, 3.05) is 13.1 Å². The van der Waals surface area contributed by atoms with Gasteiger partial charge in [-0.05, 0) is 30.5 Å². The molecule has 6 heteroatoms. The van der Waals surface area contributed by atoms with Gasteiger partial charge in [-0.25, -0.2) is 0 Å². The van der Waals surface area contributed by atoms with E-state index in [0.717, 1.165) is 12.0 Å². The van der Waals surface area contributed by atoms with E-state index < -0.39 is 11.9 Å². The number of amides is 1. The summed E-state index contributed by atoms with van der Waals surface area (Å²) in [5, 5.41) is 9.89. The molecule has 20 heavy (non-hydrogen) atoms. The zero-order valence-electron chi connectivity index (χ0n) is 10.8. The van der Waals surface area contributed by atoms with Gasteiger partial charge in [-0.1, -0.05) is 29.3 Å². The number of halogens is 2. The maximum atomic E-state index is 12.2. The molecule has 0 spiro atoms. The van der Waals surface area contributed by atoms with Gasteiger partial charge in [0.25, 0.3) is 0 Å². The van der Waals surface area contributed by atoms with E-state index in [1.54, 1.807) is 23.1 Å². The molecule has 1 aromatic carbocycles. The lowest BCUT2D eigenvalue weighted by molar-refractivity contribution is -0.145. The molecular formula is C14H15Cl2NO3. The van der Waals surface area contributed by atoms with Crippen molar-refractivity contribution in [2.24, 2.45) is 5.92 Å². The van der Waals surface area contributed by atoms with Crippen LogP contribution in [0.5, 0.6) is 0 Å². The normalized spacial score (nSPS) is 18.9. The van der Waals surface area contributed by atoms with Gasteiger partial charge in [-0.15, -0.1) is 0 Å². The lowest BCUT2D eigenvalue weighted by Crippen LogP contribution is -2.42. The molecule has 2 rings (SSSR count). The highest BCUT2D eigenvalue weighted by atomic mass is 35.5. The number of nitrogens with zero attached hydrogens (tertiary/aromatic N) is 1. The van der Waals surface area contributed by atoms with Crippen LogP contribution in [0.2, 0.25) is 10.0 Å². The maximum absolute atomic E-state index is 12.2. The SMILES string of the molecule is O=C(O)[C@H]1CCCN(C(=O)Cc2ccc(Cl)c(Cl)c2)C1. The van der Waals surface area contributed by atoms with Crippen LogP contribution < -0.4 is 0 Å². The Morgan fingerprint density at radius 1 is 1.30 bits per heavy atom. The largest absolute Gasteiger partial charge is 0.481 e. The maximum Gasteiger partial charge on any atom is 0.308 e. The van der Waals surface area contributed by atoms with Crippen LogP contribution in [0.1, 0.15) is 18.4 Å². The highest BCUT2D eigenvalue weighted by Crippen LogP contribution is 2.23. The Kier molecular flexibility index (Phi) is 4.89. The number of hydrogen-bond donors (Lipinski definition) is 1. The van der Waals surface area contributed by atoms with Gasteiger partial charge in [-0.2, -0.15) is 0 Å². The van der Waals surface area contributed by atoms with E-state index in [1.807, 2.05) is 0 Å². The molecule has 1 aliphatic rings. The summed E-state index contributed by atoms with van der Waals surface area (Å²) in [6.07, 6.45) is 1.57. The summed E-state index contributed by atoms with van der Waals surface area (Å²) < 4.78 is 0. The molecular weight excluding hydrogens is 301 g/mol. The predicted octanol–water partition coefficient (Wildman–Crippen LogP) is 2.86. The molecule has 0 unspecified atom stereocenters. The molecule has 1 atom stereocenters. The number of hydrogen-bond acceptors (Lipinski definition) is 2. The second-order valence-electron chi connectivity index (χ2n) is 4.94. The number of carboxylic acids is 1. The first-order valence-electron chi connectivity index (χ1n) is 6.42. The minimum absolute atomic E-state index is 0.0747. The van der Waals surface area contributed by atoms with Gasteiger partial charge in [0.05, 0.1) is 22.4 Å². The van der Waals surface area contributed by atoms with Crippen LogP contribution in [0.4, 0.5) is 0 Å². The lowest BCUT2D eigenvalue weighted by atomic mass is 9.97. The first-order chi connectivity index (χ1) is 9.47. The summed E-state index contributed by atoms with van der Waals surface area (Å²) in [6, 6.07) is 5.08. The number of benzene rings is 1. The first kappa shape index (κ1) is 15.1. The smallest absolute Gasteiger partial charge is 0.308 e. The van der Waals surface area contributed by atoms with Crippen molar-refractivity contribution in [1.82, 2.24) is 4.90 Å². The Balaban J connectivity index is 2.00. The monoisotopic (exact) mass is 315 g/mol. The minimum atomic E-state index is -0.836. The van der Waals surface area contributed by atoms with E-state index >= 15 is 0 Å². The lowest BCUT2D eigenvalue weighted by Gasteiger charge is -2.30. The zero-order chi connectivity index (χ0) is 14.7. The number of piperidine rings is 1. The first-order valence-corrected chi connectivity index (χ1v) is 7.17. The minimum Gasteiger partial charge on any atom is -0.481 e. The summed E-state index contributed by atoms with van der Waals surface area (Å²) in [4.78, 5) is 24.8. The van der Waals surface area contributed by atoms with Crippen molar-refractivity contribution in [1.29, 1.82) is 0 Å². The number of likely N-dealkylation sites (tertiary alicyclic amines) is 1. The van der Waals surface area contributed by atoms with Crippen LogP contribution in [0.25, 0.3) is 0 Å². The number of carbonyl (C=O) groups is 2. The Morgan fingerprint density at radius 3 is 2.70 bits per heavy atom. The van der Waals surface area contributed by atoms with Crippen molar-refractivity contribution in [3.05, 3.63) is 33.8 Å². The summed E-state index contributed by atoms with van der Waals surface area (Å²) in [5.74, 6) is -1.37. The molecule has 1 amide bonds. The molecule has 1 saturated heterocycles. The molecule has 1 fully saturated rings. The summed E-state index contributed by atoms with van der Waals surface area (Å²) in [7, 11) is 0. The molecule has 108 valence electrons. The number of carbonyl (C=O) groups excluding carboxylic acids is 1. The molecule has 1 aromatic rings. The summed E-state index contributed by atoms with van der Waals surface area (Å²) in [5.41, 5.74) is 0.779. The van der Waals surface area contributed by atoms with Crippen molar-refractivity contribution in [3.63, 3.8) is 0 Å². The van der Waals surface area contributed by atoms with Gasteiger partial charge in [0.15, 0.2) is 0 Å². The van der Waals surface area contributed by atoms with E-state index in [2.05, 4.69) is 0 Å². The average molecular weight is 316 g/mol. The average Bonchev–Trinajstić information content (AvgIpc) is 2.43. The Labute approximate surface area is 127 Å². The van der Waals surface area contributed by atoms with Gasteiger partial charge in [-0.3, -0.25) is 9.59 Å². The zero-order valence-corrected chi connectivity index (χ0v) is 12.3. The van der Waals surface area contributed by atoms with E-state index in [-0.39, 0.29) is 18.9 Å². The molecule has 1 heterocycles. The summed E-state index contributed by atoms with van der Waals surface area (Å²) in [6.45, 7) is 0.902. The van der Waals surface area contributed by atoms with Gasteiger partial charge < -0.3 is 10.0 Å². The number of aliphatic carboxylic acids is 1. The van der Waals surface area contributed by atoms with Crippen molar-refractivity contribution in [2.45, 2.75) is 19.3 Å². The van der Waals surface area contributed by atoms with E-state index in [9.17, 15) is 9.59 Å². The Bertz CT molecular complexity index is 533. The fourth-order valence-electron chi connectivity index (χ4n) is 2.34. The van der Waals surface area contributed by atoms with Crippen LogP contribution in [0.3, 0.4) is 0 Å². The number of rotatable bonds is 3. The molecule has 0 radical (unpaired) electrons. The Hall–Kier alpha value is -1.26. The van der Waals surface area contributed by atoms with E-state index in [4.69, 9.17) is 28.3 Å². The van der Waals surface area contributed by atoms with Gasteiger partial charge in [0.1, 0.15) is 0 Å². The third kappa shape index (κ3) is 3.64. The molecule has 0 bridgehead atoms. The van der Waals surface area contributed by atoms with Crippen LogP contribution >= 0.6 is 23.2 Å². The van der Waals surface area contributed by atoms with Gasteiger partial charge in [0.2, 0.25) is 5.91 Å². The van der Waals surface area contributed by atoms with Crippen LogP contribution in [-0.2, 0) is 16.0 Å². The molecule has 4 nitrogen and oxygen atoms in total. The molecule has 1 aliphatic heterocycles. The van der Waals surface area contributed by atoms with Gasteiger partial charge in [0, 0.05) is 13.1 Å². The van der Waals surface area contributed by atoms with Crippen molar-refractivity contribution >= 4 is 35.1 Å². The second kappa shape index (κ2) is 6.46. The van der Waals surface area contributed by atoms with E-state index in [1.165, 1.54) is 0 Å². The van der Waals surface area contributed by atoms with Crippen molar-refractivity contribution < 1.29 is 14.7 Å². The van der Waals surface area contributed by atoms with Gasteiger partial charge >= 0.3 is 5.97 Å². The Morgan fingerprint density at radius 2 is 2.05 bits per heavy atom. The summed E-state index contributed by atoms with van der Waals surface area (Å²) >= 11 is 11.7. The highest BCUT2D eigenvalue weighted by molar-refractivity contribution is 6.42. The molecule has 1 N–H and O–H groups in total. The molecule has 0 saturated carbocycles. The topological polar surface area (TPSA) is 57.6 Å². The highest BCUT2D eigenvalue weighted by Gasteiger charge is 2.27. The fraction of sp³-hybridized carbons (Fsp3) is 0.429. The predicted molar refractivity (Wildman–Crippen MR) is 77.1 cm³/mol. The van der Waals surface area contributed by atoms with E-state index in [0.29, 0.717) is 23.0 Å². The molecule has 0 aliphatic carbocycles.